The number of esters is 1. The molecule has 0 aromatic rings. The second-order valence-corrected chi connectivity index (χ2v) is 22.5. The molecule has 1 fully saturated rings. The molecule has 0 aromatic carbocycles. The summed E-state index contributed by atoms with van der Waals surface area (Å²) >= 11 is 0. The first-order valence-electron chi connectivity index (χ1n) is 33.3. The molecule has 8 atom stereocenters. The second-order valence-electron chi connectivity index (χ2n) is 22.5. The van der Waals surface area contributed by atoms with Crippen molar-refractivity contribution >= 4 is 11.9 Å². The third-order valence-corrected chi connectivity index (χ3v) is 14.8. The third kappa shape index (κ3) is 46.0. The summed E-state index contributed by atoms with van der Waals surface area (Å²) in [7, 11) is 0. The Labute approximate surface area is 506 Å². The van der Waals surface area contributed by atoms with Crippen LogP contribution in [0.2, 0.25) is 0 Å². The first-order valence-corrected chi connectivity index (χ1v) is 33.3. The maximum atomic E-state index is 13.5. The van der Waals surface area contributed by atoms with E-state index >= 15 is 0 Å². The highest BCUT2D eigenvalue weighted by Gasteiger charge is 2.47. The average Bonchev–Trinajstić information content (AvgIpc) is 3.58. The highest BCUT2D eigenvalue weighted by molar-refractivity contribution is 5.80. The molecule has 6 N–H and O–H groups in total. The normalized spacial score (nSPS) is 19.3. The van der Waals surface area contributed by atoms with Crippen LogP contribution >= 0.6 is 0 Å². The van der Waals surface area contributed by atoms with Gasteiger partial charge in [0.15, 0.2) is 12.4 Å². The highest BCUT2D eigenvalue weighted by atomic mass is 16.7. The number of rotatable bonds is 55. The van der Waals surface area contributed by atoms with Gasteiger partial charge in [0.25, 0.3) is 0 Å². The quantitative estimate of drug-likeness (QED) is 0.0195. The standard InChI is InChI=1S/C72H121NO10/c1-4-7-10-13-16-19-22-25-27-29-31-33-35-37-39-42-45-48-51-54-57-60-67(77)83-70-69(79)68(78)66(61-74)82-72(70)81-62-63(64(75)58-55-52-49-46-43-40-24-21-18-15-12-9-6-3)73-71(80)65(76)59-56-53-50-47-44-41-38-36-34-32-30-28-26-23-20-17-14-11-8-5-2/h7,10,16-17,19-20,25-28,31-34,37,39,45,48,55,58,63-66,68-70,72,74-76,78-79H,4-6,8-9,11-15,18,21-24,29-30,35-36,38,40-44,46-47,49-54,56-57,59-62H2,1-3H3,(H,73,80)/b10-7-,19-16-,20-17-,27-25-,28-26-,33-31-,34-32-,39-37-,48-45-,58-55+. The van der Waals surface area contributed by atoms with Gasteiger partial charge in [0, 0.05) is 6.42 Å². The fraction of sp³-hybridized carbons (Fsp3) is 0.694. The Kier molecular flexibility index (Phi) is 54.3. The molecule has 1 amide bonds. The molecular formula is C72H121NO10. The van der Waals surface area contributed by atoms with Gasteiger partial charge in [0.1, 0.15) is 24.4 Å². The SMILES string of the molecule is CC/C=C\C/C=C\C/C=C\C/C=C\C/C=C\C/C=C\CCCCC(=O)OC1C(OCC(NC(=O)C(O)CCCCCCCCC/C=C\C/C=C\C/C=C\CCCCC)C(O)/C=C/CCCCCCCCCCCCC)OC(CO)C(O)C1O. The van der Waals surface area contributed by atoms with E-state index in [4.69, 9.17) is 14.2 Å². The summed E-state index contributed by atoms with van der Waals surface area (Å²) in [4.78, 5) is 26.6. The van der Waals surface area contributed by atoms with Crippen LogP contribution < -0.4 is 5.32 Å². The molecule has 8 unspecified atom stereocenters. The Balaban J connectivity index is 2.70. The van der Waals surface area contributed by atoms with Gasteiger partial charge in [-0.05, 0) is 116 Å². The van der Waals surface area contributed by atoms with Gasteiger partial charge in [0.05, 0.1) is 25.4 Å². The summed E-state index contributed by atoms with van der Waals surface area (Å²) in [5.41, 5.74) is 0. The van der Waals surface area contributed by atoms with Gasteiger partial charge in [0.2, 0.25) is 5.91 Å². The molecule has 0 saturated carbocycles. The molecule has 1 rings (SSSR count). The van der Waals surface area contributed by atoms with E-state index in [9.17, 15) is 35.1 Å². The Bertz CT molecular complexity index is 1810. The van der Waals surface area contributed by atoms with Crippen molar-refractivity contribution in [2.45, 2.75) is 307 Å². The monoisotopic (exact) mass is 1160 g/mol. The number of aliphatic hydroxyl groups excluding tert-OH is 5. The summed E-state index contributed by atoms with van der Waals surface area (Å²) < 4.78 is 17.6. The highest BCUT2D eigenvalue weighted by Crippen LogP contribution is 2.26. The molecule has 474 valence electrons. The van der Waals surface area contributed by atoms with Crippen LogP contribution in [0.4, 0.5) is 0 Å². The largest absolute Gasteiger partial charge is 0.454 e. The van der Waals surface area contributed by atoms with Gasteiger partial charge in [-0.25, -0.2) is 0 Å². The van der Waals surface area contributed by atoms with E-state index in [1.807, 2.05) is 6.08 Å². The smallest absolute Gasteiger partial charge is 0.306 e. The van der Waals surface area contributed by atoms with Gasteiger partial charge >= 0.3 is 5.97 Å². The molecule has 0 spiro atoms. The minimum atomic E-state index is -1.64. The minimum absolute atomic E-state index is 0.0611. The van der Waals surface area contributed by atoms with E-state index in [1.54, 1.807) is 6.08 Å². The number of aliphatic hydroxyl groups is 5. The predicted molar refractivity (Wildman–Crippen MR) is 347 cm³/mol. The van der Waals surface area contributed by atoms with Gasteiger partial charge in [-0.15, -0.1) is 0 Å². The van der Waals surface area contributed by atoms with E-state index in [1.165, 1.54) is 89.9 Å². The van der Waals surface area contributed by atoms with Crippen LogP contribution in [0.15, 0.2) is 122 Å². The fourth-order valence-electron chi connectivity index (χ4n) is 9.60. The van der Waals surface area contributed by atoms with Crippen molar-refractivity contribution in [2.75, 3.05) is 13.2 Å². The van der Waals surface area contributed by atoms with E-state index in [-0.39, 0.29) is 19.4 Å². The van der Waals surface area contributed by atoms with Gasteiger partial charge in [-0.2, -0.15) is 0 Å². The molecule has 0 aliphatic carbocycles. The fourth-order valence-corrected chi connectivity index (χ4v) is 9.60. The Morgan fingerprint density at radius 1 is 0.482 bits per heavy atom. The van der Waals surface area contributed by atoms with E-state index in [0.717, 1.165) is 122 Å². The number of unbranched alkanes of at least 4 members (excludes halogenated alkanes) is 23. The molecule has 0 bridgehead atoms. The lowest BCUT2D eigenvalue weighted by Gasteiger charge is -2.41. The third-order valence-electron chi connectivity index (χ3n) is 14.8. The summed E-state index contributed by atoms with van der Waals surface area (Å²) in [6.45, 7) is 5.63. The van der Waals surface area contributed by atoms with Crippen LogP contribution in [0, 0.1) is 0 Å². The molecule has 1 heterocycles. The van der Waals surface area contributed by atoms with Gasteiger partial charge < -0.3 is 45.1 Å². The zero-order chi connectivity index (χ0) is 60.3. The zero-order valence-electron chi connectivity index (χ0n) is 52.5. The van der Waals surface area contributed by atoms with E-state index in [2.05, 4.69) is 135 Å². The summed E-state index contributed by atoms with van der Waals surface area (Å²) in [5, 5.41) is 57.1. The Morgan fingerprint density at radius 3 is 1.33 bits per heavy atom. The molecule has 0 aromatic heterocycles. The van der Waals surface area contributed by atoms with Crippen LogP contribution in [0.1, 0.15) is 258 Å². The molecule has 1 aliphatic heterocycles. The van der Waals surface area contributed by atoms with Crippen LogP contribution in [-0.2, 0) is 23.8 Å². The van der Waals surface area contributed by atoms with E-state index < -0.39 is 67.4 Å². The van der Waals surface area contributed by atoms with Crippen molar-refractivity contribution in [3.63, 3.8) is 0 Å². The number of nitrogens with one attached hydrogen (secondary N) is 1. The molecule has 11 nitrogen and oxygen atoms in total. The Morgan fingerprint density at radius 2 is 0.867 bits per heavy atom. The number of amides is 1. The number of ether oxygens (including phenoxy) is 3. The molecule has 1 aliphatic rings. The Hall–Kier alpha value is -3.94. The first-order chi connectivity index (χ1) is 40.7. The molecule has 0 radical (unpaired) electrons. The minimum Gasteiger partial charge on any atom is -0.454 e. The predicted octanol–water partition coefficient (Wildman–Crippen LogP) is 16.6. The van der Waals surface area contributed by atoms with Crippen molar-refractivity contribution in [1.29, 1.82) is 0 Å². The van der Waals surface area contributed by atoms with Crippen molar-refractivity contribution < 1.29 is 49.3 Å². The summed E-state index contributed by atoms with van der Waals surface area (Å²) in [6.07, 6.45) is 70.8. The average molecular weight is 1160 g/mol. The van der Waals surface area contributed by atoms with Crippen molar-refractivity contribution in [3.8, 4) is 0 Å². The lowest BCUT2D eigenvalue weighted by atomic mass is 9.99. The van der Waals surface area contributed by atoms with Crippen molar-refractivity contribution in [3.05, 3.63) is 122 Å². The van der Waals surface area contributed by atoms with Gasteiger partial charge in [-0.1, -0.05) is 258 Å². The lowest BCUT2D eigenvalue weighted by molar-refractivity contribution is -0.305. The number of carbonyl (C=O) groups is 2. The molecular weight excluding hydrogens is 1040 g/mol. The summed E-state index contributed by atoms with van der Waals surface area (Å²) in [6, 6.07) is -1.05. The maximum Gasteiger partial charge on any atom is 0.306 e. The summed E-state index contributed by atoms with van der Waals surface area (Å²) in [5.74, 6) is -1.25. The van der Waals surface area contributed by atoms with Gasteiger partial charge in [-0.3, -0.25) is 9.59 Å². The number of allylic oxidation sites excluding steroid dienone is 19. The van der Waals surface area contributed by atoms with Crippen LogP contribution in [0.5, 0.6) is 0 Å². The van der Waals surface area contributed by atoms with Crippen LogP contribution in [0.25, 0.3) is 0 Å². The van der Waals surface area contributed by atoms with Crippen molar-refractivity contribution in [2.24, 2.45) is 0 Å². The zero-order valence-corrected chi connectivity index (χ0v) is 52.5. The number of hydrogen-bond acceptors (Lipinski definition) is 10. The molecule has 11 heteroatoms. The number of hydrogen-bond donors (Lipinski definition) is 6. The lowest BCUT2D eigenvalue weighted by Crippen LogP contribution is -2.61. The maximum absolute atomic E-state index is 13.5. The topological polar surface area (TPSA) is 175 Å². The first kappa shape index (κ1) is 77.1. The van der Waals surface area contributed by atoms with Crippen molar-refractivity contribution in [1.82, 2.24) is 5.32 Å². The second kappa shape index (κ2) is 58.4. The van der Waals surface area contributed by atoms with Crippen LogP contribution in [0.3, 0.4) is 0 Å². The van der Waals surface area contributed by atoms with Crippen LogP contribution in [-0.4, -0.2) is 99.6 Å². The van der Waals surface area contributed by atoms with E-state index in [0.29, 0.717) is 12.8 Å². The number of carbonyl (C=O) groups excluding carboxylic acids is 2. The molecule has 1 saturated heterocycles. The molecule has 83 heavy (non-hydrogen) atoms.